The van der Waals surface area contributed by atoms with Crippen molar-refractivity contribution in [1.29, 1.82) is 0 Å². The van der Waals surface area contributed by atoms with Crippen LogP contribution < -0.4 is 5.32 Å². The van der Waals surface area contributed by atoms with Gasteiger partial charge in [0.15, 0.2) is 0 Å². The van der Waals surface area contributed by atoms with Crippen LogP contribution in [-0.2, 0) is 0 Å². The maximum absolute atomic E-state index is 3.49. The van der Waals surface area contributed by atoms with Crippen molar-refractivity contribution in [2.75, 3.05) is 26.2 Å². The molecule has 2 aliphatic rings. The van der Waals surface area contributed by atoms with Crippen LogP contribution in [0.25, 0.3) is 10.8 Å². The number of nitrogens with one attached hydrogen (secondary N) is 1. The first kappa shape index (κ1) is 13.3. The van der Waals surface area contributed by atoms with E-state index in [2.05, 4.69) is 53.5 Å². The molecule has 1 N–H and O–H groups in total. The zero-order valence-electron chi connectivity index (χ0n) is 12.8. The average Bonchev–Trinajstić information content (AvgIpc) is 3.36. The number of hydrogen-bond acceptors (Lipinski definition) is 2. The summed E-state index contributed by atoms with van der Waals surface area (Å²) < 4.78 is 0. The van der Waals surface area contributed by atoms with Gasteiger partial charge in [0, 0.05) is 32.2 Å². The SMILES string of the molecule is Cc1ccc([C@H](C2CC2)N2CCNCC2)c2ccccc12. The Morgan fingerprint density at radius 2 is 1.71 bits per heavy atom. The van der Waals surface area contributed by atoms with E-state index in [1.54, 1.807) is 5.56 Å². The molecule has 2 aromatic carbocycles. The van der Waals surface area contributed by atoms with Crippen molar-refractivity contribution in [1.82, 2.24) is 10.2 Å². The van der Waals surface area contributed by atoms with E-state index >= 15 is 0 Å². The third kappa shape index (κ3) is 2.47. The molecular formula is C19H24N2. The van der Waals surface area contributed by atoms with E-state index < -0.39 is 0 Å². The van der Waals surface area contributed by atoms with E-state index in [-0.39, 0.29) is 0 Å². The lowest BCUT2D eigenvalue weighted by atomic mass is 9.92. The molecule has 2 nitrogen and oxygen atoms in total. The number of piperazine rings is 1. The molecule has 21 heavy (non-hydrogen) atoms. The molecule has 0 bridgehead atoms. The van der Waals surface area contributed by atoms with E-state index in [1.165, 1.54) is 42.3 Å². The number of nitrogens with zero attached hydrogens (tertiary/aromatic N) is 1. The molecule has 0 amide bonds. The van der Waals surface area contributed by atoms with Gasteiger partial charge in [-0.1, -0.05) is 36.4 Å². The minimum absolute atomic E-state index is 0.623. The minimum atomic E-state index is 0.623. The van der Waals surface area contributed by atoms with E-state index in [0.717, 1.165) is 19.0 Å². The minimum Gasteiger partial charge on any atom is -0.314 e. The quantitative estimate of drug-likeness (QED) is 0.925. The molecule has 1 atom stereocenters. The van der Waals surface area contributed by atoms with Crippen LogP contribution in [0.5, 0.6) is 0 Å². The average molecular weight is 280 g/mol. The summed E-state index contributed by atoms with van der Waals surface area (Å²) in [5, 5.41) is 6.38. The second-order valence-corrected chi connectivity index (χ2v) is 6.59. The number of fused-ring (bicyclic) bond motifs is 1. The second kappa shape index (κ2) is 5.43. The maximum atomic E-state index is 3.49. The molecule has 4 rings (SSSR count). The molecule has 0 unspecified atom stereocenters. The van der Waals surface area contributed by atoms with E-state index in [1.807, 2.05) is 0 Å². The van der Waals surface area contributed by atoms with Crippen LogP contribution in [0.1, 0.15) is 30.0 Å². The summed E-state index contributed by atoms with van der Waals surface area (Å²) in [5.41, 5.74) is 2.95. The molecule has 2 fully saturated rings. The zero-order chi connectivity index (χ0) is 14.2. The summed E-state index contributed by atoms with van der Waals surface area (Å²) in [6, 6.07) is 14.3. The Hall–Kier alpha value is -1.38. The van der Waals surface area contributed by atoms with Crippen LogP contribution in [0, 0.1) is 12.8 Å². The topological polar surface area (TPSA) is 15.3 Å². The number of rotatable bonds is 3. The molecule has 2 aromatic rings. The van der Waals surface area contributed by atoms with Crippen molar-refractivity contribution in [2.45, 2.75) is 25.8 Å². The van der Waals surface area contributed by atoms with Gasteiger partial charge in [0.1, 0.15) is 0 Å². The van der Waals surface area contributed by atoms with Crippen LogP contribution in [0.2, 0.25) is 0 Å². The molecule has 0 radical (unpaired) electrons. The Morgan fingerprint density at radius 3 is 2.43 bits per heavy atom. The predicted molar refractivity (Wildman–Crippen MR) is 88.6 cm³/mol. The van der Waals surface area contributed by atoms with Gasteiger partial charge in [0.25, 0.3) is 0 Å². The molecule has 0 aromatic heterocycles. The largest absolute Gasteiger partial charge is 0.314 e. The lowest BCUT2D eigenvalue weighted by Gasteiger charge is -2.36. The molecule has 1 aliphatic heterocycles. The third-order valence-electron chi connectivity index (χ3n) is 5.11. The van der Waals surface area contributed by atoms with Crippen LogP contribution >= 0.6 is 0 Å². The number of hydrogen-bond donors (Lipinski definition) is 1. The first-order valence-corrected chi connectivity index (χ1v) is 8.27. The Labute approximate surface area is 127 Å². The lowest BCUT2D eigenvalue weighted by molar-refractivity contribution is 0.157. The van der Waals surface area contributed by atoms with Crippen molar-refractivity contribution < 1.29 is 0 Å². The van der Waals surface area contributed by atoms with E-state index in [4.69, 9.17) is 0 Å². The smallest absolute Gasteiger partial charge is 0.0383 e. The molecule has 0 spiro atoms. The van der Waals surface area contributed by atoms with Gasteiger partial charge >= 0.3 is 0 Å². The summed E-state index contributed by atoms with van der Waals surface area (Å²) in [7, 11) is 0. The fourth-order valence-corrected chi connectivity index (χ4v) is 3.85. The lowest BCUT2D eigenvalue weighted by Crippen LogP contribution is -2.45. The summed E-state index contributed by atoms with van der Waals surface area (Å²) in [5.74, 6) is 0.870. The van der Waals surface area contributed by atoms with Crippen molar-refractivity contribution in [3.8, 4) is 0 Å². The van der Waals surface area contributed by atoms with Crippen LogP contribution in [0.3, 0.4) is 0 Å². The molecule has 2 heteroatoms. The Bertz CT molecular complexity index is 639. The molecular weight excluding hydrogens is 256 g/mol. The molecule has 1 heterocycles. The standard InChI is InChI=1S/C19H24N2/c1-14-6-9-18(17-5-3-2-4-16(14)17)19(15-7-8-15)21-12-10-20-11-13-21/h2-6,9,15,19-20H,7-8,10-13H2,1H3/t19-/m0/s1. The highest BCUT2D eigenvalue weighted by Gasteiger charge is 2.37. The van der Waals surface area contributed by atoms with Crippen LogP contribution in [0.4, 0.5) is 0 Å². The fourth-order valence-electron chi connectivity index (χ4n) is 3.85. The summed E-state index contributed by atoms with van der Waals surface area (Å²) in [6.07, 6.45) is 2.80. The molecule has 1 saturated carbocycles. The van der Waals surface area contributed by atoms with Gasteiger partial charge in [-0.25, -0.2) is 0 Å². The van der Waals surface area contributed by atoms with Crippen molar-refractivity contribution in [3.05, 3.63) is 47.5 Å². The number of aryl methyl sites for hydroxylation is 1. The summed E-state index contributed by atoms with van der Waals surface area (Å²) >= 11 is 0. The summed E-state index contributed by atoms with van der Waals surface area (Å²) in [6.45, 7) is 6.86. The van der Waals surface area contributed by atoms with Crippen molar-refractivity contribution >= 4 is 10.8 Å². The van der Waals surface area contributed by atoms with Gasteiger partial charge in [-0.3, -0.25) is 4.90 Å². The van der Waals surface area contributed by atoms with Crippen LogP contribution in [0.15, 0.2) is 36.4 Å². The summed E-state index contributed by atoms with van der Waals surface area (Å²) in [4.78, 5) is 2.71. The third-order valence-corrected chi connectivity index (χ3v) is 5.11. The van der Waals surface area contributed by atoms with Gasteiger partial charge in [-0.15, -0.1) is 0 Å². The predicted octanol–water partition coefficient (Wildman–Crippen LogP) is 3.50. The van der Waals surface area contributed by atoms with Crippen molar-refractivity contribution in [3.63, 3.8) is 0 Å². The van der Waals surface area contributed by atoms with Gasteiger partial charge in [0.05, 0.1) is 0 Å². The van der Waals surface area contributed by atoms with Gasteiger partial charge in [-0.05, 0) is 47.6 Å². The van der Waals surface area contributed by atoms with E-state index in [0.29, 0.717) is 6.04 Å². The zero-order valence-corrected chi connectivity index (χ0v) is 12.8. The highest BCUT2D eigenvalue weighted by molar-refractivity contribution is 5.89. The van der Waals surface area contributed by atoms with Crippen molar-refractivity contribution in [2.24, 2.45) is 5.92 Å². The first-order chi connectivity index (χ1) is 10.3. The van der Waals surface area contributed by atoms with Crippen LogP contribution in [-0.4, -0.2) is 31.1 Å². The van der Waals surface area contributed by atoms with E-state index in [9.17, 15) is 0 Å². The molecule has 1 aliphatic carbocycles. The Morgan fingerprint density at radius 1 is 1.00 bits per heavy atom. The Kier molecular flexibility index (Phi) is 3.44. The Balaban J connectivity index is 1.80. The highest BCUT2D eigenvalue weighted by Crippen LogP contribution is 2.46. The van der Waals surface area contributed by atoms with Gasteiger partial charge in [-0.2, -0.15) is 0 Å². The highest BCUT2D eigenvalue weighted by atomic mass is 15.2. The molecule has 1 saturated heterocycles. The monoisotopic (exact) mass is 280 g/mol. The fraction of sp³-hybridized carbons (Fsp3) is 0.474. The first-order valence-electron chi connectivity index (χ1n) is 8.27. The van der Waals surface area contributed by atoms with Gasteiger partial charge < -0.3 is 5.32 Å². The number of benzene rings is 2. The normalized spacial score (nSPS) is 21.6. The molecule has 110 valence electrons. The maximum Gasteiger partial charge on any atom is 0.0383 e. The second-order valence-electron chi connectivity index (χ2n) is 6.59. The van der Waals surface area contributed by atoms with Gasteiger partial charge in [0.2, 0.25) is 0 Å².